The van der Waals surface area contributed by atoms with Gasteiger partial charge in [-0.25, -0.2) is 0 Å². The maximum absolute atomic E-state index is 12.9. The van der Waals surface area contributed by atoms with Crippen LogP contribution in [0, 0.1) is 0 Å². The van der Waals surface area contributed by atoms with Gasteiger partial charge >= 0.3 is 5.97 Å². The van der Waals surface area contributed by atoms with Crippen LogP contribution >= 0.6 is 23.1 Å². The molecule has 1 aromatic heterocycles. The predicted octanol–water partition coefficient (Wildman–Crippen LogP) is 3.03. The molecule has 2 N–H and O–H groups in total. The number of aliphatic carboxylic acids is 1. The minimum atomic E-state index is -0.910. The molecular formula is C18H18N2O4S2. The quantitative estimate of drug-likeness (QED) is 0.819. The molecule has 2 heterocycles. The summed E-state index contributed by atoms with van der Waals surface area (Å²) in [7, 11) is 0. The van der Waals surface area contributed by atoms with Crippen LogP contribution in [-0.4, -0.2) is 51.9 Å². The highest BCUT2D eigenvalue weighted by atomic mass is 32.2. The number of carbonyl (C=O) groups excluding carboxylic acids is 2. The fraction of sp³-hybridized carbons (Fsp3) is 0.278. The number of carboxylic acids is 1. The molecule has 1 atom stereocenters. The number of nitrogens with zero attached hydrogens (tertiary/aromatic N) is 1. The molecule has 1 aromatic carbocycles. The summed E-state index contributed by atoms with van der Waals surface area (Å²) in [4.78, 5) is 38.3. The van der Waals surface area contributed by atoms with Gasteiger partial charge in [-0.15, -0.1) is 11.3 Å². The van der Waals surface area contributed by atoms with Crippen LogP contribution in [-0.2, 0) is 4.79 Å². The Bertz CT molecular complexity index is 807. The fourth-order valence-corrected chi connectivity index (χ4v) is 4.47. The Balaban J connectivity index is 1.74. The first-order valence-corrected chi connectivity index (χ1v) is 10.1. The van der Waals surface area contributed by atoms with Gasteiger partial charge in [0, 0.05) is 29.3 Å². The summed E-state index contributed by atoms with van der Waals surface area (Å²) < 4.78 is 0. The lowest BCUT2D eigenvalue weighted by atomic mass is 10.1. The number of hydrogen-bond acceptors (Lipinski definition) is 5. The second kappa shape index (κ2) is 8.37. The lowest BCUT2D eigenvalue weighted by Crippen LogP contribution is -2.47. The van der Waals surface area contributed by atoms with Gasteiger partial charge in [-0.05, 0) is 29.6 Å². The summed E-state index contributed by atoms with van der Waals surface area (Å²) in [6, 6.07) is 9.97. The Morgan fingerprint density at radius 2 is 2.08 bits per heavy atom. The average Bonchev–Trinajstić information content (AvgIpc) is 3.16. The lowest BCUT2D eigenvalue weighted by molar-refractivity contribution is -0.138. The van der Waals surface area contributed by atoms with E-state index in [4.69, 9.17) is 5.11 Å². The number of anilines is 1. The van der Waals surface area contributed by atoms with Crippen molar-refractivity contribution in [3.63, 3.8) is 0 Å². The van der Waals surface area contributed by atoms with E-state index in [2.05, 4.69) is 5.32 Å². The van der Waals surface area contributed by atoms with Crippen LogP contribution in [0.3, 0.4) is 0 Å². The van der Waals surface area contributed by atoms with Crippen molar-refractivity contribution in [1.29, 1.82) is 0 Å². The highest BCUT2D eigenvalue weighted by Gasteiger charge is 2.29. The molecule has 0 aliphatic carbocycles. The largest absolute Gasteiger partial charge is 0.481 e. The molecule has 136 valence electrons. The van der Waals surface area contributed by atoms with Gasteiger partial charge in [-0.3, -0.25) is 14.4 Å². The third-order valence-corrected chi connectivity index (χ3v) is 5.97. The van der Waals surface area contributed by atoms with Crippen molar-refractivity contribution >= 4 is 46.6 Å². The van der Waals surface area contributed by atoms with Gasteiger partial charge < -0.3 is 15.3 Å². The molecule has 26 heavy (non-hydrogen) atoms. The molecule has 8 heteroatoms. The zero-order valence-electron chi connectivity index (χ0n) is 13.9. The number of thiophene rings is 1. The molecule has 1 unspecified atom stereocenters. The van der Waals surface area contributed by atoms with Crippen molar-refractivity contribution in [2.24, 2.45) is 0 Å². The second-order valence-corrected chi connectivity index (χ2v) is 7.93. The maximum Gasteiger partial charge on any atom is 0.305 e. The Morgan fingerprint density at radius 3 is 2.81 bits per heavy atom. The van der Waals surface area contributed by atoms with Crippen LogP contribution in [0.15, 0.2) is 41.8 Å². The number of hydrogen-bond donors (Lipinski definition) is 2. The Morgan fingerprint density at radius 1 is 1.23 bits per heavy atom. The number of rotatable bonds is 5. The molecule has 1 fully saturated rings. The van der Waals surface area contributed by atoms with Gasteiger partial charge in [0.2, 0.25) is 0 Å². The van der Waals surface area contributed by atoms with Gasteiger partial charge in [-0.1, -0.05) is 12.1 Å². The monoisotopic (exact) mass is 390 g/mol. The predicted molar refractivity (Wildman–Crippen MR) is 103 cm³/mol. The van der Waals surface area contributed by atoms with Crippen molar-refractivity contribution in [2.45, 2.75) is 12.5 Å². The van der Waals surface area contributed by atoms with Crippen molar-refractivity contribution in [1.82, 2.24) is 4.90 Å². The summed E-state index contributed by atoms with van der Waals surface area (Å²) in [5.41, 5.74) is 0.978. The van der Waals surface area contributed by atoms with Gasteiger partial charge in [0.25, 0.3) is 11.8 Å². The Hall–Kier alpha value is -2.32. The van der Waals surface area contributed by atoms with E-state index >= 15 is 0 Å². The zero-order chi connectivity index (χ0) is 18.5. The zero-order valence-corrected chi connectivity index (χ0v) is 15.5. The topological polar surface area (TPSA) is 86.7 Å². The van der Waals surface area contributed by atoms with Crippen LogP contribution in [0.2, 0.25) is 0 Å². The Kier molecular flexibility index (Phi) is 5.95. The van der Waals surface area contributed by atoms with E-state index < -0.39 is 5.97 Å². The van der Waals surface area contributed by atoms with Crippen molar-refractivity contribution < 1.29 is 19.5 Å². The first-order valence-electron chi connectivity index (χ1n) is 8.10. The SMILES string of the molecule is O=C(O)CC1CSCCN1C(=O)c1cccc(NC(=O)c2cccs2)c1. The number of benzene rings is 1. The summed E-state index contributed by atoms with van der Waals surface area (Å²) >= 11 is 3.00. The molecule has 2 aromatic rings. The van der Waals surface area contributed by atoms with Gasteiger partial charge in [0.15, 0.2) is 0 Å². The van der Waals surface area contributed by atoms with Gasteiger partial charge in [0.05, 0.1) is 17.3 Å². The van der Waals surface area contributed by atoms with E-state index in [9.17, 15) is 14.4 Å². The highest BCUT2D eigenvalue weighted by molar-refractivity contribution is 7.99. The molecule has 1 saturated heterocycles. The normalized spacial score (nSPS) is 16.9. The van der Waals surface area contributed by atoms with E-state index in [1.165, 1.54) is 11.3 Å². The molecule has 0 bridgehead atoms. The average molecular weight is 390 g/mol. The van der Waals surface area contributed by atoms with E-state index in [1.54, 1.807) is 53.1 Å². The van der Waals surface area contributed by atoms with Crippen LogP contribution in [0.4, 0.5) is 5.69 Å². The van der Waals surface area contributed by atoms with E-state index in [0.717, 1.165) is 5.75 Å². The first kappa shape index (κ1) is 18.5. The number of amides is 2. The smallest absolute Gasteiger partial charge is 0.305 e. The van der Waals surface area contributed by atoms with E-state index in [-0.39, 0.29) is 24.3 Å². The minimum absolute atomic E-state index is 0.0620. The minimum Gasteiger partial charge on any atom is -0.481 e. The van der Waals surface area contributed by atoms with Crippen molar-refractivity contribution in [3.8, 4) is 0 Å². The molecule has 2 amide bonds. The highest BCUT2D eigenvalue weighted by Crippen LogP contribution is 2.23. The number of carbonyl (C=O) groups is 3. The molecule has 1 aliphatic heterocycles. The number of thioether (sulfide) groups is 1. The van der Waals surface area contributed by atoms with Gasteiger partial charge in [0.1, 0.15) is 0 Å². The summed E-state index contributed by atoms with van der Waals surface area (Å²) in [5.74, 6) is 0.0718. The molecular weight excluding hydrogens is 372 g/mol. The molecule has 0 spiro atoms. The lowest BCUT2D eigenvalue weighted by Gasteiger charge is -2.34. The standard InChI is InChI=1S/C18H18N2O4S2/c21-16(22)10-14-11-25-8-6-20(14)18(24)12-3-1-4-13(9-12)19-17(23)15-5-2-7-26-15/h1-5,7,9,14H,6,8,10-11H2,(H,19,23)(H,21,22). The van der Waals surface area contributed by atoms with Crippen LogP contribution < -0.4 is 5.32 Å². The van der Waals surface area contributed by atoms with Crippen LogP contribution in [0.1, 0.15) is 26.5 Å². The van der Waals surface area contributed by atoms with E-state index in [1.807, 2.05) is 5.38 Å². The molecule has 0 radical (unpaired) electrons. The van der Waals surface area contributed by atoms with E-state index in [0.29, 0.717) is 28.4 Å². The summed E-state index contributed by atoms with van der Waals surface area (Å²) in [6.07, 6.45) is -0.0620. The third kappa shape index (κ3) is 4.44. The molecule has 1 aliphatic rings. The van der Waals surface area contributed by atoms with Crippen LogP contribution in [0.5, 0.6) is 0 Å². The Labute approximate surface area is 159 Å². The van der Waals surface area contributed by atoms with Gasteiger partial charge in [-0.2, -0.15) is 11.8 Å². The first-order chi connectivity index (χ1) is 12.5. The number of carboxylic acid groups (broad SMARTS) is 1. The summed E-state index contributed by atoms with van der Waals surface area (Å²) in [5, 5.41) is 13.7. The second-order valence-electron chi connectivity index (χ2n) is 5.84. The van der Waals surface area contributed by atoms with Crippen molar-refractivity contribution in [2.75, 3.05) is 23.4 Å². The number of nitrogens with one attached hydrogen (secondary N) is 1. The summed E-state index contributed by atoms with van der Waals surface area (Å²) in [6.45, 7) is 0.521. The molecule has 3 rings (SSSR count). The fourth-order valence-electron chi connectivity index (χ4n) is 2.79. The maximum atomic E-state index is 12.9. The third-order valence-electron chi connectivity index (χ3n) is 4.01. The van der Waals surface area contributed by atoms with Crippen molar-refractivity contribution in [3.05, 3.63) is 52.2 Å². The molecule has 0 saturated carbocycles. The molecule has 6 nitrogen and oxygen atoms in total. The van der Waals surface area contributed by atoms with Crippen LogP contribution in [0.25, 0.3) is 0 Å².